The van der Waals surface area contributed by atoms with Crippen molar-refractivity contribution in [3.63, 3.8) is 0 Å². The highest BCUT2D eigenvalue weighted by Crippen LogP contribution is 2.19. The third-order valence-corrected chi connectivity index (χ3v) is 3.49. The van der Waals surface area contributed by atoms with Crippen LogP contribution in [0, 0.1) is 0 Å². The van der Waals surface area contributed by atoms with Gasteiger partial charge in [-0.05, 0) is 20.2 Å². The molecule has 0 atom stereocenters. The van der Waals surface area contributed by atoms with Gasteiger partial charge in [0.2, 0.25) is 11.8 Å². The maximum absolute atomic E-state index is 11.8. The van der Waals surface area contributed by atoms with Crippen molar-refractivity contribution in [2.45, 2.75) is 19.9 Å². The number of benzene rings is 1. The fraction of sp³-hybridized carbons (Fsp3) is 0.529. The number of hydrogen-bond acceptors (Lipinski definition) is 4. The highest BCUT2D eigenvalue weighted by molar-refractivity contribution is 5.78. The van der Waals surface area contributed by atoms with E-state index in [-0.39, 0.29) is 11.8 Å². The number of carbonyl (C=O) groups excluding carboxylic acids is 2. The first-order valence-electron chi connectivity index (χ1n) is 7.73. The molecule has 0 aliphatic carbocycles. The zero-order valence-electron chi connectivity index (χ0n) is 14.5. The number of ether oxygens (including phenoxy) is 1. The monoisotopic (exact) mass is 321 g/mol. The van der Waals surface area contributed by atoms with E-state index in [1.54, 1.807) is 12.0 Å². The standard InChI is InChI=1S/C17H27N3O3/c1-14(21)20(11-9-17(22)18-10-12-19(2)3)13-15-7-5-6-8-16(15)23-4/h5-8H,9-13H2,1-4H3,(H,18,22). The van der Waals surface area contributed by atoms with Gasteiger partial charge in [-0.25, -0.2) is 0 Å². The molecule has 1 aromatic carbocycles. The molecule has 1 aromatic rings. The lowest BCUT2D eigenvalue weighted by Crippen LogP contribution is -2.35. The van der Waals surface area contributed by atoms with Gasteiger partial charge in [0.05, 0.1) is 7.11 Å². The van der Waals surface area contributed by atoms with Crippen molar-refractivity contribution < 1.29 is 14.3 Å². The summed E-state index contributed by atoms with van der Waals surface area (Å²) in [6.07, 6.45) is 0.294. The summed E-state index contributed by atoms with van der Waals surface area (Å²) in [6, 6.07) is 7.58. The van der Waals surface area contributed by atoms with Crippen LogP contribution in [0.15, 0.2) is 24.3 Å². The van der Waals surface area contributed by atoms with Crippen LogP contribution in [0.5, 0.6) is 5.75 Å². The molecule has 0 bridgehead atoms. The second-order valence-electron chi connectivity index (χ2n) is 5.66. The zero-order chi connectivity index (χ0) is 17.2. The van der Waals surface area contributed by atoms with E-state index in [0.29, 0.717) is 26.1 Å². The number of nitrogens with one attached hydrogen (secondary N) is 1. The maximum Gasteiger partial charge on any atom is 0.221 e. The first-order valence-corrected chi connectivity index (χ1v) is 7.73. The summed E-state index contributed by atoms with van der Waals surface area (Å²) in [5.74, 6) is 0.643. The quantitative estimate of drug-likeness (QED) is 0.740. The van der Waals surface area contributed by atoms with Crippen LogP contribution in [0.2, 0.25) is 0 Å². The van der Waals surface area contributed by atoms with E-state index in [9.17, 15) is 9.59 Å². The van der Waals surface area contributed by atoms with E-state index < -0.39 is 0 Å². The summed E-state index contributed by atoms with van der Waals surface area (Å²) < 4.78 is 5.31. The van der Waals surface area contributed by atoms with Gasteiger partial charge in [-0.3, -0.25) is 9.59 Å². The van der Waals surface area contributed by atoms with E-state index in [0.717, 1.165) is 17.9 Å². The summed E-state index contributed by atoms with van der Waals surface area (Å²) in [5, 5.41) is 2.85. The summed E-state index contributed by atoms with van der Waals surface area (Å²) in [7, 11) is 5.52. The fourth-order valence-electron chi connectivity index (χ4n) is 2.13. The van der Waals surface area contributed by atoms with Crippen molar-refractivity contribution in [1.29, 1.82) is 0 Å². The SMILES string of the molecule is COc1ccccc1CN(CCC(=O)NCCN(C)C)C(C)=O. The van der Waals surface area contributed by atoms with Crippen molar-refractivity contribution in [1.82, 2.24) is 15.1 Å². The van der Waals surface area contributed by atoms with Gasteiger partial charge in [0.25, 0.3) is 0 Å². The molecule has 1 rings (SSSR count). The lowest BCUT2D eigenvalue weighted by Gasteiger charge is -2.22. The van der Waals surface area contributed by atoms with E-state index >= 15 is 0 Å². The third kappa shape index (κ3) is 7.15. The van der Waals surface area contributed by atoms with Gasteiger partial charge in [0.15, 0.2) is 0 Å². The number of amides is 2. The normalized spacial score (nSPS) is 10.5. The van der Waals surface area contributed by atoms with Crippen LogP contribution in [0.4, 0.5) is 0 Å². The number of hydrogen-bond donors (Lipinski definition) is 1. The van der Waals surface area contributed by atoms with Crippen LogP contribution in [0.3, 0.4) is 0 Å². The lowest BCUT2D eigenvalue weighted by atomic mass is 10.2. The number of likely N-dealkylation sites (N-methyl/N-ethyl adjacent to an activating group) is 1. The van der Waals surface area contributed by atoms with E-state index in [1.165, 1.54) is 6.92 Å². The van der Waals surface area contributed by atoms with Gasteiger partial charge < -0.3 is 19.9 Å². The molecular formula is C17H27N3O3. The van der Waals surface area contributed by atoms with Gasteiger partial charge in [-0.2, -0.15) is 0 Å². The van der Waals surface area contributed by atoms with Crippen LogP contribution in [0.1, 0.15) is 18.9 Å². The molecule has 0 aliphatic rings. The average Bonchev–Trinajstić information content (AvgIpc) is 2.51. The maximum atomic E-state index is 11.8. The predicted octanol–water partition coefficient (Wildman–Crippen LogP) is 1.11. The Hall–Kier alpha value is -2.08. The van der Waals surface area contributed by atoms with Gasteiger partial charge >= 0.3 is 0 Å². The second kappa shape index (κ2) is 9.84. The minimum atomic E-state index is -0.0583. The molecule has 6 heteroatoms. The van der Waals surface area contributed by atoms with Crippen LogP contribution in [-0.4, -0.2) is 62.5 Å². The Morgan fingerprint density at radius 2 is 1.87 bits per heavy atom. The third-order valence-electron chi connectivity index (χ3n) is 3.49. The molecule has 0 saturated heterocycles. The minimum absolute atomic E-state index is 0.0434. The molecule has 0 unspecified atom stereocenters. The lowest BCUT2D eigenvalue weighted by molar-refractivity contribution is -0.130. The Morgan fingerprint density at radius 3 is 2.48 bits per heavy atom. The van der Waals surface area contributed by atoms with Crippen LogP contribution in [-0.2, 0) is 16.1 Å². The Balaban J connectivity index is 2.52. The smallest absolute Gasteiger partial charge is 0.221 e. The van der Waals surface area contributed by atoms with Gasteiger partial charge in [-0.15, -0.1) is 0 Å². The topological polar surface area (TPSA) is 61.9 Å². The Bertz CT molecular complexity index is 518. The number of rotatable bonds is 9. The molecule has 0 heterocycles. The number of carbonyl (C=O) groups is 2. The molecule has 2 amide bonds. The molecule has 0 fully saturated rings. The molecule has 0 aromatic heterocycles. The largest absolute Gasteiger partial charge is 0.496 e. The zero-order valence-corrected chi connectivity index (χ0v) is 14.5. The molecule has 1 N–H and O–H groups in total. The van der Waals surface area contributed by atoms with Crippen molar-refractivity contribution in [3.8, 4) is 5.75 Å². The summed E-state index contributed by atoms with van der Waals surface area (Å²) in [4.78, 5) is 27.3. The first-order chi connectivity index (χ1) is 10.9. The molecular weight excluding hydrogens is 294 g/mol. The van der Waals surface area contributed by atoms with Gasteiger partial charge in [-0.1, -0.05) is 18.2 Å². The van der Waals surface area contributed by atoms with Crippen molar-refractivity contribution >= 4 is 11.8 Å². The molecule has 128 valence electrons. The molecule has 0 saturated carbocycles. The molecule has 0 spiro atoms. The Kier molecular flexibility index (Phi) is 8.11. The van der Waals surface area contributed by atoms with Crippen molar-refractivity contribution in [2.75, 3.05) is 40.8 Å². The second-order valence-corrected chi connectivity index (χ2v) is 5.66. The van der Waals surface area contributed by atoms with Crippen LogP contribution < -0.4 is 10.1 Å². The predicted molar refractivity (Wildman–Crippen MR) is 90.3 cm³/mol. The Morgan fingerprint density at radius 1 is 1.17 bits per heavy atom. The van der Waals surface area contributed by atoms with E-state index in [2.05, 4.69) is 5.32 Å². The minimum Gasteiger partial charge on any atom is -0.496 e. The summed E-state index contributed by atoms with van der Waals surface area (Å²) in [6.45, 7) is 3.74. The fourth-order valence-corrected chi connectivity index (χ4v) is 2.13. The molecule has 23 heavy (non-hydrogen) atoms. The van der Waals surface area contributed by atoms with Crippen LogP contribution >= 0.6 is 0 Å². The summed E-state index contributed by atoms with van der Waals surface area (Å²) in [5.41, 5.74) is 0.929. The number of para-hydroxylation sites is 1. The number of nitrogens with zero attached hydrogens (tertiary/aromatic N) is 2. The number of methoxy groups -OCH3 is 1. The molecule has 0 radical (unpaired) electrons. The average molecular weight is 321 g/mol. The Labute approximate surface area is 138 Å². The van der Waals surface area contributed by atoms with Crippen molar-refractivity contribution in [2.24, 2.45) is 0 Å². The highest BCUT2D eigenvalue weighted by atomic mass is 16.5. The highest BCUT2D eigenvalue weighted by Gasteiger charge is 2.14. The first kappa shape index (κ1) is 19.0. The van der Waals surface area contributed by atoms with Crippen molar-refractivity contribution in [3.05, 3.63) is 29.8 Å². The van der Waals surface area contributed by atoms with E-state index in [1.807, 2.05) is 43.3 Å². The van der Waals surface area contributed by atoms with Gasteiger partial charge in [0, 0.05) is 45.1 Å². The molecule has 0 aliphatic heterocycles. The molecule has 6 nitrogen and oxygen atoms in total. The van der Waals surface area contributed by atoms with Crippen LogP contribution in [0.25, 0.3) is 0 Å². The summed E-state index contributed by atoms with van der Waals surface area (Å²) >= 11 is 0. The van der Waals surface area contributed by atoms with Gasteiger partial charge in [0.1, 0.15) is 5.75 Å². The van der Waals surface area contributed by atoms with E-state index in [4.69, 9.17) is 4.74 Å².